The highest BCUT2D eigenvalue weighted by atomic mass is 35.5. The van der Waals surface area contributed by atoms with E-state index in [1.54, 1.807) is 6.07 Å². The number of imidazole rings is 1. The van der Waals surface area contributed by atoms with E-state index in [4.69, 9.17) is 23.8 Å². The van der Waals surface area contributed by atoms with Crippen LogP contribution in [0.1, 0.15) is 19.3 Å². The number of benzene rings is 1. The van der Waals surface area contributed by atoms with Crippen LogP contribution in [0.5, 0.6) is 0 Å². The molecule has 0 saturated heterocycles. The second-order valence-corrected chi connectivity index (χ2v) is 7.11. The molecule has 2 aromatic rings. The quantitative estimate of drug-likeness (QED) is 0.823. The van der Waals surface area contributed by atoms with Gasteiger partial charge in [0.2, 0.25) is 0 Å². The highest BCUT2D eigenvalue weighted by molar-refractivity contribution is 8.00. The molecule has 0 atom stereocenters. The number of hydrogen-bond acceptors (Lipinski definition) is 2. The van der Waals surface area contributed by atoms with Gasteiger partial charge in [-0.3, -0.25) is 0 Å². The summed E-state index contributed by atoms with van der Waals surface area (Å²) in [5.41, 5.74) is 1.60. The molecule has 19 heavy (non-hydrogen) atoms. The normalized spacial score (nSPS) is 17.6. The number of thioether (sulfide) groups is 1. The van der Waals surface area contributed by atoms with Crippen molar-refractivity contribution in [1.82, 2.24) is 9.55 Å². The molecule has 1 aromatic carbocycles. The minimum absolute atomic E-state index is 0.124. The van der Waals surface area contributed by atoms with E-state index in [0.29, 0.717) is 4.77 Å². The van der Waals surface area contributed by atoms with Crippen molar-refractivity contribution >= 4 is 46.6 Å². The fraction of sp³-hybridized carbons (Fsp3) is 0.462. The van der Waals surface area contributed by atoms with Gasteiger partial charge in [-0.15, -0.1) is 0 Å². The van der Waals surface area contributed by atoms with Gasteiger partial charge in [-0.2, -0.15) is 11.8 Å². The van der Waals surface area contributed by atoms with E-state index in [-0.39, 0.29) is 9.77 Å². The zero-order valence-electron chi connectivity index (χ0n) is 10.5. The van der Waals surface area contributed by atoms with Gasteiger partial charge in [0.15, 0.2) is 4.77 Å². The Morgan fingerprint density at radius 1 is 1.53 bits per heavy atom. The molecule has 2 nitrogen and oxygen atoms in total. The lowest BCUT2D eigenvalue weighted by molar-refractivity contribution is 0.323. The highest BCUT2D eigenvalue weighted by Crippen LogP contribution is 2.44. The third-order valence-corrected chi connectivity index (χ3v) is 5.98. The van der Waals surface area contributed by atoms with Crippen LogP contribution >= 0.6 is 35.6 Å². The van der Waals surface area contributed by atoms with Crippen LogP contribution in [0.3, 0.4) is 0 Å². The van der Waals surface area contributed by atoms with E-state index in [9.17, 15) is 4.39 Å². The smallest absolute Gasteiger partial charge is 0.178 e. The van der Waals surface area contributed by atoms with Crippen LogP contribution in [-0.4, -0.2) is 20.6 Å². The fourth-order valence-electron chi connectivity index (χ4n) is 2.59. The van der Waals surface area contributed by atoms with Crippen molar-refractivity contribution in [3.8, 4) is 0 Å². The molecule has 0 bridgehead atoms. The van der Waals surface area contributed by atoms with Crippen LogP contribution in [0.15, 0.2) is 12.1 Å². The van der Waals surface area contributed by atoms with Crippen LogP contribution in [0.2, 0.25) is 5.02 Å². The van der Waals surface area contributed by atoms with Crippen molar-refractivity contribution in [3.05, 3.63) is 27.7 Å². The summed E-state index contributed by atoms with van der Waals surface area (Å²) in [5.74, 6) is -0.399. The molecule has 1 aliphatic rings. The Labute approximate surface area is 125 Å². The Morgan fingerprint density at radius 3 is 2.84 bits per heavy atom. The van der Waals surface area contributed by atoms with Gasteiger partial charge in [-0.25, -0.2) is 4.39 Å². The van der Waals surface area contributed by atoms with Crippen LogP contribution in [0, 0.1) is 10.6 Å². The average Bonchev–Trinajstić information content (AvgIpc) is 2.61. The summed E-state index contributed by atoms with van der Waals surface area (Å²) in [5, 5.41) is 0.124. The minimum Gasteiger partial charge on any atom is -0.331 e. The van der Waals surface area contributed by atoms with E-state index in [1.807, 2.05) is 16.3 Å². The van der Waals surface area contributed by atoms with Gasteiger partial charge >= 0.3 is 0 Å². The molecule has 1 fully saturated rings. The predicted octanol–water partition coefficient (Wildman–Crippen LogP) is 4.78. The van der Waals surface area contributed by atoms with Crippen LogP contribution in [-0.2, 0) is 6.54 Å². The number of nitrogens with zero attached hydrogens (tertiary/aromatic N) is 1. The molecule has 0 spiro atoms. The zero-order valence-corrected chi connectivity index (χ0v) is 12.9. The number of rotatable bonds is 3. The van der Waals surface area contributed by atoms with Crippen LogP contribution in [0.4, 0.5) is 4.39 Å². The van der Waals surface area contributed by atoms with Crippen molar-refractivity contribution < 1.29 is 4.39 Å². The van der Waals surface area contributed by atoms with E-state index < -0.39 is 5.82 Å². The molecule has 102 valence electrons. The Morgan fingerprint density at radius 2 is 2.26 bits per heavy atom. The standard InChI is InChI=1S/C13H14ClFN2S2/c1-19-13(3-2-4-13)7-17-11-6-9(15)8(14)5-10(11)16-12(17)18/h5-6H,2-4,7H2,1H3,(H,16,18). The highest BCUT2D eigenvalue weighted by Gasteiger charge is 2.37. The maximum absolute atomic E-state index is 13.7. The van der Waals surface area contributed by atoms with E-state index in [2.05, 4.69) is 11.2 Å². The van der Waals surface area contributed by atoms with Crippen molar-refractivity contribution in [3.63, 3.8) is 0 Å². The summed E-state index contributed by atoms with van der Waals surface area (Å²) in [6.07, 6.45) is 5.78. The molecule has 0 radical (unpaired) electrons. The first-order valence-corrected chi connectivity index (χ1v) is 8.18. The van der Waals surface area contributed by atoms with Crippen molar-refractivity contribution in [1.29, 1.82) is 0 Å². The first-order chi connectivity index (χ1) is 9.04. The largest absolute Gasteiger partial charge is 0.331 e. The lowest BCUT2D eigenvalue weighted by atomic mass is 9.84. The molecule has 0 amide bonds. The Kier molecular flexibility index (Phi) is 3.39. The Bertz CT molecular complexity index is 682. The number of halogens is 2. The topological polar surface area (TPSA) is 20.7 Å². The summed E-state index contributed by atoms with van der Waals surface area (Å²) >= 11 is 13.0. The second kappa shape index (κ2) is 4.79. The first kappa shape index (κ1) is 13.5. The van der Waals surface area contributed by atoms with Gasteiger partial charge in [-0.1, -0.05) is 18.0 Å². The average molecular weight is 317 g/mol. The van der Waals surface area contributed by atoms with Crippen molar-refractivity contribution in [2.24, 2.45) is 0 Å². The van der Waals surface area contributed by atoms with E-state index >= 15 is 0 Å². The van der Waals surface area contributed by atoms with Gasteiger partial charge in [0.1, 0.15) is 5.82 Å². The van der Waals surface area contributed by atoms with Crippen LogP contribution in [0.25, 0.3) is 11.0 Å². The van der Waals surface area contributed by atoms with Gasteiger partial charge in [0.05, 0.1) is 16.1 Å². The summed E-state index contributed by atoms with van der Waals surface area (Å²) < 4.78 is 16.5. The zero-order chi connectivity index (χ0) is 13.6. The number of fused-ring (bicyclic) bond motifs is 1. The number of aromatic nitrogens is 2. The molecule has 1 N–H and O–H groups in total. The number of nitrogens with one attached hydrogen (secondary N) is 1. The second-order valence-electron chi connectivity index (χ2n) is 5.04. The summed E-state index contributed by atoms with van der Waals surface area (Å²) in [6, 6.07) is 3.07. The molecule has 1 aromatic heterocycles. The lowest BCUT2D eigenvalue weighted by Crippen LogP contribution is -2.37. The monoisotopic (exact) mass is 316 g/mol. The molecule has 0 aliphatic heterocycles. The molecular weight excluding hydrogens is 303 g/mol. The number of H-pyrrole nitrogens is 1. The SMILES string of the molecule is CSC1(Cn2c(=S)[nH]c3cc(Cl)c(F)cc32)CCC1. The molecule has 6 heteroatoms. The predicted molar refractivity (Wildman–Crippen MR) is 82.2 cm³/mol. The lowest BCUT2D eigenvalue weighted by Gasteiger charge is -2.40. The van der Waals surface area contributed by atoms with Gasteiger partial charge < -0.3 is 9.55 Å². The fourth-order valence-corrected chi connectivity index (χ4v) is 3.99. The maximum atomic E-state index is 13.7. The molecule has 1 saturated carbocycles. The molecule has 0 unspecified atom stereocenters. The molecule has 3 rings (SSSR count). The van der Waals surface area contributed by atoms with Crippen molar-refractivity contribution in [2.45, 2.75) is 30.6 Å². The Balaban J connectivity index is 2.10. The minimum atomic E-state index is -0.399. The molecular formula is C13H14ClFN2S2. The molecule has 1 heterocycles. The number of hydrogen-bond donors (Lipinski definition) is 1. The van der Waals surface area contributed by atoms with Crippen molar-refractivity contribution in [2.75, 3.05) is 6.26 Å². The summed E-state index contributed by atoms with van der Waals surface area (Å²) in [7, 11) is 0. The van der Waals surface area contributed by atoms with Crippen LogP contribution < -0.4 is 0 Å². The third kappa shape index (κ3) is 2.22. The third-order valence-electron chi connectivity index (χ3n) is 3.96. The van der Waals surface area contributed by atoms with Gasteiger partial charge in [0, 0.05) is 17.4 Å². The van der Waals surface area contributed by atoms with E-state index in [0.717, 1.165) is 17.6 Å². The molecule has 1 aliphatic carbocycles. The summed E-state index contributed by atoms with van der Waals surface area (Å²) in [4.78, 5) is 3.11. The Hall–Kier alpha value is -0.520. The maximum Gasteiger partial charge on any atom is 0.178 e. The first-order valence-electron chi connectivity index (χ1n) is 6.17. The number of aromatic amines is 1. The van der Waals surface area contributed by atoms with Gasteiger partial charge in [-0.05, 0) is 37.4 Å². The van der Waals surface area contributed by atoms with E-state index in [1.165, 1.54) is 25.3 Å². The van der Waals surface area contributed by atoms with Gasteiger partial charge in [0.25, 0.3) is 0 Å². The summed E-state index contributed by atoms with van der Waals surface area (Å²) in [6.45, 7) is 0.827.